The molecule has 0 spiro atoms. The van der Waals surface area contributed by atoms with E-state index in [1.165, 1.54) is 11.3 Å². The number of aromatic nitrogens is 1. The van der Waals surface area contributed by atoms with E-state index >= 15 is 0 Å². The molecule has 0 radical (unpaired) electrons. The molecule has 6 heteroatoms. The number of rotatable bonds is 2. The van der Waals surface area contributed by atoms with E-state index in [1.807, 2.05) is 19.9 Å². The fourth-order valence-electron chi connectivity index (χ4n) is 1.64. The quantitative estimate of drug-likeness (QED) is 0.888. The van der Waals surface area contributed by atoms with Crippen LogP contribution in [0.25, 0.3) is 0 Å². The number of carbonyl (C=O) groups is 1. The minimum Gasteiger partial charge on any atom is -0.375 e. The highest BCUT2D eigenvalue weighted by Gasteiger charge is 2.13. The number of carbonyl (C=O) groups excluding carboxylic acids is 1. The highest BCUT2D eigenvalue weighted by atomic mass is 35.5. The van der Waals surface area contributed by atoms with Gasteiger partial charge in [0.1, 0.15) is 5.69 Å². The van der Waals surface area contributed by atoms with E-state index in [0.717, 1.165) is 11.1 Å². The zero-order valence-corrected chi connectivity index (χ0v) is 11.5. The fourth-order valence-corrected chi connectivity index (χ4v) is 2.56. The third kappa shape index (κ3) is 2.63. The van der Waals surface area contributed by atoms with Crippen molar-refractivity contribution in [1.82, 2.24) is 4.98 Å². The molecule has 0 aliphatic carbocycles. The molecule has 4 nitrogen and oxygen atoms in total. The molecule has 2 rings (SSSR count). The number of thiazole rings is 1. The Kier molecular flexibility index (Phi) is 3.54. The molecule has 0 atom stereocenters. The summed E-state index contributed by atoms with van der Waals surface area (Å²) in [6.07, 6.45) is 0. The number of aryl methyl sites for hydroxylation is 2. The van der Waals surface area contributed by atoms with E-state index in [0.29, 0.717) is 21.5 Å². The van der Waals surface area contributed by atoms with Crippen molar-refractivity contribution in [2.24, 2.45) is 0 Å². The minimum absolute atomic E-state index is 0.300. The Morgan fingerprint density at radius 3 is 2.72 bits per heavy atom. The third-order valence-corrected chi connectivity index (χ3v) is 3.40. The van der Waals surface area contributed by atoms with Gasteiger partial charge >= 0.3 is 0 Å². The van der Waals surface area contributed by atoms with Gasteiger partial charge in [-0.1, -0.05) is 17.7 Å². The second kappa shape index (κ2) is 4.96. The smallest absolute Gasteiger partial charge is 0.275 e. The molecule has 0 unspecified atom stereocenters. The number of hydrogen-bond donors (Lipinski definition) is 2. The molecule has 18 heavy (non-hydrogen) atoms. The summed E-state index contributed by atoms with van der Waals surface area (Å²) in [5, 5.41) is 5.25. The summed E-state index contributed by atoms with van der Waals surface area (Å²) in [5.74, 6) is -0.309. The molecular formula is C12H12ClN3OS. The first-order valence-corrected chi connectivity index (χ1v) is 6.52. The molecule has 0 fully saturated rings. The molecule has 0 bridgehead atoms. The zero-order valence-electron chi connectivity index (χ0n) is 9.95. The van der Waals surface area contributed by atoms with Crippen molar-refractivity contribution in [3.63, 3.8) is 0 Å². The van der Waals surface area contributed by atoms with E-state index < -0.39 is 0 Å². The fraction of sp³-hybridized carbons (Fsp3) is 0.167. The molecule has 0 aliphatic rings. The van der Waals surface area contributed by atoms with E-state index in [1.54, 1.807) is 11.4 Å². The van der Waals surface area contributed by atoms with E-state index in [9.17, 15) is 4.79 Å². The Balaban J connectivity index is 2.27. The van der Waals surface area contributed by atoms with Gasteiger partial charge in [-0.25, -0.2) is 4.98 Å². The van der Waals surface area contributed by atoms with Gasteiger partial charge in [0.05, 0.1) is 10.7 Å². The van der Waals surface area contributed by atoms with Gasteiger partial charge in [0.25, 0.3) is 5.91 Å². The molecule has 0 saturated heterocycles. The Bertz CT molecular complexity index is 586. The van der Waals surface area contributed by atoms with Crippen LogP contribution < -0.4 is 11.1 Å². The minimum atomic E-state index is -0.309. The number of anilines is 2. The number of nitrogens with two attached hydrogens (primary N) is 1. The second-order valence-corrected chi connectivity index (χ2v) is 5.26. The number of amides is 1. The number of nitrogens with zero attached hydrogens (tertiary/aromatic N) is 1. The lowest BCUT2D eigenvalue weighted by molar-refractivity contribution is 0.102. The molecular weight excluding hydrogens is 270 g/mol. The van der Waals surface area contributed by atoms with Crippen molar-refractivity contribution >= 4 is 39.7 Å². The number of halogens is 1. The maximum atomic E-state index is 11.9. The first-order chi connectivity index (χ1) is 8.47. The molecule has 3 N–H and O–H groups in total. The Labute approximate surface area is 114 Å². The summed E-state index contributed by atoms with van der Waals surface area (Å²) in [5.41, 5.74) is 8.36. The highest BCUT2D eigenvalue weighted by Crippen LogP contribution is 2.27. The molecule has 1 aromatic heterocycles. The van der Waals surface area contributed by atoms with Crippen molar-refractivity contribution in [3.8, 4) is 0 Å². The normalized spacial score (nSPS) is 10.4. The predicted molar refractivity (Wildman–Crippen MR) is 75.4 cm³/mol. The average molecular weight is 282 g/mol. The molecule has 1 amide bonds. The van der Waals surface area contributed by atoms with E-state index in [4.69, 9.17) is 17.3 Å². The molecule has 94 valence electrons. The highest BCUT2D eigenvalue weighted by molar-refractivity contribution is 7.13. The SMILES string of the molecule is Cc1cc(C)c(NC(=O)c2csc(N)n2)c(Cl)c1. The van der Waals surface area contributed by atoms with Crippen molar-refractivity contribution in [1.29, 1.82) is 0 Å². The van der Waals surface area contributed by atoms with Gasteiger partial charge in [0.15, 0.2) is 5.13 Å². The number of hydrogen-bond acceptors (Lipinski definition) is 4. The van der Waals surface area contributed by atoms with Crippen molar-refractivity contribution < 1.29 is 4.79 Å². The molecule has 1 aromatic carbocycles. The summed E-state index contributed by atoms with van der Waals surface area (Å²) in [6, 6.07) is 3.76. The van der Waals surface area contributed by atoms with Crippen molar-refractivity contribution in [2.45, 2.75) is 13.8 Å². The van der Waals surface area contributed by atoms with E-state index in [-0.39, 0.29) is 5.91 Å². The van der Waals surface area contributed by atoms with Crippen LogP contribution in [0, 0.1) is 13.8 Å². The summed E-state index contributed by atoms with van der Waals surface area (Å²) >= 11 is 7.34. The van der Waals surface area contributed by atoms with Crippen LogP contribution in [0.5, 0.6) is 0 Å². The Morgan fingerprint density at radius 1 is 1.44 bits per heavy atom. The largest absolute Gasteiger partial charge is 0.375 e. The summed E-state index contributed by atoms with van der Waals surface area (Å²) in [4.78, 5) is 15.9. The van der Waals surface area contributed by atoms with Crippen LogP contribution in [0.1, 0.15) is 21.6 Å². The first-order valence-electron chi connectivity index (χ1n) is 5.26. The number of benzene rings is 1. The van der Waals surface area contributed by atoms with Gasteiger partial charge in [-0.2, -0.15) is 0 Å². The van der Waals surface area contributed by atoms with Crippen LogP contribution >= 0.6 is 22.9 Å². The topological polar surface area (TPSA) is 68.0 Å². The maximum absolute atomic E-state index is 11.9. The van der Waals surface area contributed by atoms with Crippen molar-refractivity contribution in [3.05, 3.63) is 39.4 Å². The lowest BCUT2D eigenvalue weighted by Gasteiger charge is -2.10. The molecule has 2 aromatic rings. The molecule has 0 saturated carbocycles. The van der Waals surface area contributed by atoms with Gasteiger partial charge in [-0.3, -0.25) is 4.79 Å². The maximum Gasteiger partial charge on any atom is 0.275 e. The van der Waals surface area contributed by atoms with Gasteiger partial charge in [0.2, 0.25) is 0 Å². The van der Waals surface area contributed by atoms with Gasteiger partial charge in [-0.05, 0) is 31.0 Å². The Morgan fingerprint density at radius 2 is 2.17 bits per heavy atom. The molecule has 1 heterocycles. The average Bonchev–Trinajstić information content (AvgIpc) is 2.70. The third-order valence-electron chi connectivity index (χ3n) is 2.42. The lowest BCUT2D eigenvalue weighted by Crippen LogP contribution is -2.13. The van der Waals surface area contributed by atoms with E-state index in [2.05, 4.69) is 10.3 Å². The van der Waals surface area contributed by atoms with Crippen LogP contribution in [-0.2, 0) is 0 Å². The summed E-state index contributed by atoms with van der Waals surface area (Å²) in [6.45, 7) is 3.84. The van der Waals surface area contributed by atoms with Crippen LogP contribution in [0.3, 0.4) is 0 Å². The lowest BCUT2D eigenvalue weighted by atomic mass is 10.1. The zero-order chi connectivity index (χ0) is 13.3. The van der Waals surface area contributed by atoms with Crippen LogP contribution in [-0.4, -0.2) is 10.9 Å². The summed E-state index contributed by atoms with van der Waals surface area (Å²) in [7, 11) is 0. The summed E-state index contributed by atoms with van der Waals surface area (Å²) < 4.78 is 0. The monoisotopic (exact) mass is 281 g/mol. The first kappa shape index (κ1) is 12.9. The van der Waals surface area contributed by atoms with Crippen LogP contribution in [0.4, 0.5) is 10.8 Å². The standard InChI is InChI=1S/C12H12ClN3OS/c1-6-3-7(2)10(8(13)4-6)16-11(17)9-5-18-12(14)15-9/h3-5H,1-2H3,(H2,14,15)(H,16,17). The van der Waals surface area contributed by atoms with Crippen LogP contribution in [0.2, 0.25) is 5.02 Å². The second-order valence-electron chi connectivity index (χ2n) is 3.96. The van der Waals surface area contributed by atoms with Gasteiger partial charge in [-0.15, -0.1) is 11.3 Å². The van der Waals surface area contributed by atoms with Crippen LogP contribution in [0.15, 0.2) is 17.5 Å². The van der Waals surface area contributed by atoms with Gasteiger partial charge < -0.3 is 11.1 Å². The van der Waals surface area contributed by atoms with Crippen molar-refractivity contribution in [2.75, 3.05) is 11.1 Å². The predicted octanol–water partition coefficient (Wildman–Crippen LogP) is 3.25. The number of nitrogens with one attached hydrogen (secondary N) is 1. The number of nitrogen functional groups attached to an aromatic ring is 1. The van der Waals surface area contributed by atoms with Gasteiger partial charge in [0, 0.05) is 5.38 Å². The molecule has 0 aliphatic heterocycles. The Hall–Kier alpha value is -1.59.